The Morgan fingerprint density at radius 1 is 1.17 bits per heavy atom. The van der Waals surface area contributed by atoms with Crippen LogP contribution in [0.15, 0.2) is 24.3 Å². The van der Waals surface area contributed by atoms with Crippen molar-refractivity contribution in [3.63, 3.8) is 0 Å². The van der Waals surface area contributed by atoms with Gasteiger partial charge in [0.2, 0.25) is 0 Å². The van der Waals surface area contributed by atoms with Crippen molar-refractivity contribution in [2.45, 2.75) is 51.7 Å². The van der Waals surface area contributed by atoms with Gasteiger partial charge in [0.15, 0.2) is 0 Å². The largest absolute Gasteiger partial charge is 0.444 e. The van der Waals surface area contributed by atoms with Gasteiger partial charge in [-0.25, -0.2) is 4.79 Å². The van der Waals surface area contributed by atoms with Crippen LogP contribution in [0.5, 0.6) is 0 Å². The number of rotatable bonds is 2. The van der Waals surface area contributed by atoms with Crippen LogP contribution < -0.4 is 0 Å². The van der Waals surface area contributed by atoms with E-state index in [2.05, 4.69) is 0 Å². The molecule has 1 N–H and O–H groups in total. The predicted octanol–water partition coefficient (Wildman–Crippen LogP) is 4.19. The molecule has 0 saturated carbocycles. The van der Waals surface area contributed by atoms with Crippen molar-refractivity contribution in [2.75, 3.05) is 13.1 Å². The zero-order chi connectivity index (χ0) is 17.3. The molecule has 0 bridgehead atoms. The first-order valence-corrected chi connectivity index (χ1v) is 8.44. The number of likely N-dealkylation sites (tertiary alicyclic amines) is 1. The summed E-state index contributed by atoms with van der Waals surface area (Å²) in [6.45, 7) is 8.63. The molecule has 1 heterocycles. The fourth-order valence-corrected chi connectivity index (χ4v) is 3.10. The molecule has 1 aliphatic heterocycles. The highest BCUT2D eigenvalue weighted by Gasteiger charge is 2.37. The van der Waals surface area contributed by atoms with Crippen molar-refractivity contribution in [1.29, 1.82) is 0 Å². The summed E-state index contributed by atoms with van der Waals surface area (Å²) >= 11 is 5.91. The molecule has 2 rings (SSSR count). The quantitative estimate of drug-likeness (QED) is 0.878. The third-order valence-electron chi connectivity index (χ3n) is 4.37. The van der Waals surface area contributed by atoms with Crippen LogP contribution in [0.25, 0.3) is 0 Å². The number of carbonyl (C=O) groups is 1. The van der Waals surface area contributed by atoms with E-state index >= 15 is 0 Å². The molecular weight excluding hydrogens is 314 g/mol. The molecule has 1 aromatic carbocycles. The van der Waals surface area contributed by atoms with Crippen LogP contribution in [0.1, 0.15) is 46.1 Å². The highest BCUT2D eigenvalue weighted by atomic mass is 35.5. The summed E-state index contributed by atoms with van der Waals surface area (Å²) in [5, 5.41) is 11.6. The number of nitrogens with zero attached hydrogens (tertiary/aromatic N) is 1. The summed E-state index contributed by atoms with van der Waals surface area (Å²) in [5.74, 6) is 0.0994. The lowest BCUT2D eigenvalue weighted by Crippen LogP contribution is -2.45. The van der Waals surface area contributed by atoms with E-state index in [1.54, 1.807) is 17.0 Å². The van der Waals surface area contributed by atoms with E-state index in [1.807, 2.05) is 39.8 Å². The van der Waals surface area contributed by atoms with Crippen LogP contribution in [0, 0.1) is 5.92 Å². The predicted molar refractivity (Wildman–Crippen MR) is 91.6 cm³/mol. The first-order chi connectivity index (χ1) is 10.6. The first kappa shape index (κ1) is 18.1. The lowest BCUT2D eigenvalue weighted by atomic mass is 9.77. The van der Waals surface area contributed by atoms with Crippen molar-refractivity contribution in [2.24, 2.45) is 5.92 Å². The molecule has 1 atom stereocenters. The Morgan fingerprint density at radius 2 is 1.70 bits per heavy atom. The second kappa shape index (κ2) is 6.70. The van der Waals surface area contributed by atoms with Gasteiger partial charge in [-0.1, -0.05) is 23.7 Å². The molecule has 0 aliphatic carbocycles. The number of hydrogen-bond donors (Lipinski definition) is 1. The standard InChI is InChI=1S/C18H26ClNO3/c1-17(2,3)23-16(21)20-11-9-14(10-12-20)18(4,22)13-5-7-15(19)8-6-13/h5-8,14,22H,9-12H2,1-4H3. The third kappa shape index (κ3) is 4.61. The average molecular weight is 340 g/mol. The zero-order valence-corrected chi connectivity index (χ0v) is 15.1. The van der Waals surface area contributed by atoms with Gasteiger partial charge in [0.05, 0.1) is 5.60 Å². The maximum atomic E-state index is 12.1. The van der Waals surface area contributed by atoms with Crippen molar-refractivity contribution < 1.29 is 14.6 Å². The molecule has 128 valence electrons. The number of piperidine rings is 1. The average Bonchev–Trinajstić information content (AvgIpc) is 2.46. The van der Waals surface area contributed by atoms with Crippen LogP contribution >= 0.6 is 11.6 Å². The second-order valence-corrected chi connectivity index (χ2v) is 7.83. The number of aliphatic hydroxyl groups is 1. The van der Waals surface area contributed by atoms with Gasteiger partial charge in [-0.15, -0.1) is 0 Å². The molecule has 4 nitrogen and oxygen atoms in total. The number of carbonyl (C=O) groups excluding carboxylic acids is 1. The Morgan fingerprint density at radius 3 is 2.17 bits per heavy atom. The van der Waals surface area contributed by atoms with Crippen LogP contribution in [0.4, 0.5) is 4.79 Å². The smallest absolute Gasteiger partial charge is 0.410 e. The summed E-state index contributed by atoms with van der Waals surface area (Å²) in [4.78, 5) is 13.8. The monoisotopic (exact) mass is 339 g/mol. The molecule has 1 aromatic rings. The number of halogens is 1. The van der Waals surface area contributed by atoms with Gasteiger partial charge in [0.1, 0.15) is 5.60 Å². The summed E-state index contributed by atoms with van der Waals surface area (Å²) < 4.78 is 5.41. The van der Waals surface area contributed by atoms with E-state index in [0.717, 1.165) is 18.4 Å². The number of ether oxygens (including phenoxy) is 1. The Balaban J connectivity index is 1.98. The van der Waals surface area contributed by atoms with Gasteiger partial charge < -0.3 is 14.7 Å². The van der Waals surface area contributed by atoms with Gasteiger partial charge >= 0.3 is 6.09 Å². The highest BCUT2D eigenvalue weighted by molar-refractivity contribution is 6.30. The Bertz CT molecular complexity index is 540. The summed E-state index contributed by atoms with van der Waals surface area (Å²) in [6, 6.07) is 7.31. The van der Waals surface area contributed by atoms with Gasteiger partial charge in [-0.3, -0.25) is 0 Å². The van der Waals surface area contributed by atoms with Gasteiger partial charge in [0.25, 0.3) is 0 Å². The van der Waals surface area contributed by atoms with E-state index in [9.17, 15) is 9.90 Å². The van der Waals surface area contributed by atoms with Gasteiger partial charge in [-0.05, 0) is 64.2 Å². The molecular formula is C18H26ClNO3. The molecule has 1 aliphatic rings. The zero-order valence-electron chi connectivity index (χ0n) is 14.3. The van der Waals surface area contributed by atoms with Crippen LogP contribution in [0.3, 0.4) is 0 Å². The van der Waals surface area contributed by atoms with Crippen molar-refractivity contribution in [1.82, 2.24) is 4.90 Å². The highest BCUT2D eigenvalue weighted by Crippen LogP contribution is 2.36. The lowest BCUT2D eigenvalue weighted by Gasteiger charge is -2.40. The topological polar surface area (TPSA) is 49.8 Å². The summed E-state index contributed by atoms with van der Waals surface area (Å²) in [6.07, 6.45) is 1.21. The van der Waals surface area contributed by atoms with Crippen molar-refractivity contribution in [3.05, 3.63) is 34.9 Å². The minimum atomic E-state index is -0.926. The molecule has 0 spiro atoms. The molecule has 0 radical (unpaired) electrons. The minimum absolute atomic E-state index is 0.0994. The van der Waals surface area contributed by atoms with Gasteiger partial charge in [-0.2, -0.15) is 0 Å². The third-order valence-corrected chi connectivity index (χ3v) is 4.62. The molecule has 1 saturated heterocycles. The summed E-state index contributed by atoms with van der Waals surface area (Å²) in [5.41, 5.74) is -0.550. The van der Waals surface area contributed by atoms with Crippen LogP contribution in [-0.2, 0) is 10.3 Å². The molecule has 0 aromatic heterocycles. The summed E-state index contributed by atoms with van der Waals surface area (Å²) in [7, 11) is 0. The maximum absolute atomic E-state index is 12.1. The Labute approximate surface area is 143 Å². The fourth-order valence-electron chi connectivity index (χ4n) is 2.97. The van der Waals surface area contributed by atoms with E-state index in [0.29, 0.717) is 18.1 Å². The lowest BCUT2D eigenvalue weighted by molar-refractivity contribution is -0.0384. The second-order valence-electron chi connectivity index (χ2n) is 7.40. The molecule has 23 heavy (non-hydrogen) atoms. The number of hydrogen-bond acceptors (Lipinski definition) is 3. The normalized spacial score (nSPS) is 19.3. The van der Waals surface area contributed by atoms with Crippen molar-refractivity contribution in [3.8, 4) is 0 Å². The van der Waals surface area contributed by atoms with Gasteiger partial charge in [0, 0.05) is 18.1 Å². The molecule has 1 fully saturated rings. The van der Waals surface area contributed by atoms with Crippen molar-refractivity contribution >= 4 is 17.7 Å². The van der Waals surface area contributed by atoms with Crippen LogP contribution in [0.2, 0.25) is 5.02 Å². The van der Waals surface area contributed by atoms with E-state index < -0.39 is 11.2 Å². The Kier molecular flexibility index (Phi) is 5.27. The minimum Gasteiger partial charge on any atom is -0.444 e. The Hall–Kier alpha value is -1.26. The van der Waals surface area contributed by atoms with E-state index in [1.165, 1.54) is 0 Å². The maximum Gasteiger partial charge on any atom is 0.410 e. The SMILES string of the molecule is CC(C)(C)OC(=O)N1CCC(C(C)(O)c2ccc(Cl)cc2)CC1. The number of amides is 1. The molecule has 1 amide bonds. The molecule has 5 heteroatoms. The fraction of sp³-hybridized carbons (Fsp3) is 0.611. The van der Waals surface area contributed by atoms with E-state index in [-0.39, 0.29) is 12.0 Å². The first-order valence-electron chi connectivity index (χ1n) is 8.06. The molecule has 1 unspecified atom stereocenters. The van der Waals surface area contributed by atoms with Crippen LogP contribution in [-0.4, -0.2) is 34.8 Å². The van der Waals surface area contributed by atoms with E-state index in [4.69, 9.17) is 16.3 Å². The number of benzene rings is 1.